The number of hydrogen-bond donors (Lipinski definition) is 1. The molecule has 0 fully saturated rings. The maximum atomic E-state index is 11.2. The van der Waals surface area contributed by atoms with Gasteiger partial charge in [-0.1, -0.05) is 19.8 Å². The molecule has 0 aliphatic heterocycles. The van der Waals surface area contributed by atoms with Crippen LogP contribution >= 0.6 is 0 Å². The van der Waals surface area contributed by atoms with E-state index in [2.05, 4.69) is 6.92 Å². The van der Waals surface area contributed by atoms with Gasteiger partial charge in [0.15, 0.2) is 0 Å². The molecule has 0 aromatic heterocycles. The Bertz CT molecular complexity index is 469. The molecule has 0 unspecified atom stereocenters. The van der Waals surface area contributed by atoms with Crippen LogP contribution in [0.2, 0.25) is 0 Å². The highest BCUT2D eigenvalue weighted by Gasteiger charge is 2.11. The number of benzene rings is 1. The summed E-state index contributed by atoms with van der Waals surface area (Å²) in [6.45, 7) is 4.49. The quantitative estimate of drug-likeness (QED) is 0.794. The monoisotopic (exact) mass is 257 g/mol. The maximum absolute atomic E-state index is 11.2. The largest absolute Gasteiger partial charge is 0.494 e. The van der Waals surface area contributed by atoms with E-state index in [1.807, 2.05) is 0 Å². The van der Waals surface area contributed by atoms with Crippen molar-refractivity contribution in [2.24, 2.45) is 5.14 Å². The van der Waals surface area contributed by atoms with E-state index < -0.39 is 10.0 Å². The average molecular weight is 257 g/mol. The molecule has 0 bridgehead atoms. The minimum Gasteiger partial charge on any atom is -0.494 e. The van der Waals surface area contributed by atoms with Crippen LogP contribution in [0.25, 0.3) is 0 Å². The van der Waals surface area contributed by atoms with Crippen molar-refractivity contribution in [1.82, 2.24) is 0 Å². The normalized spacial score (nSPS) is 11.5. The molecular weight excluding hydrogens is 238 g/mol. The van der Waals surface area contributed by atoms with E-state index in [1.54, 1.807) is 19.1 Å². The molecular formula is C12H19NO3S. The Balaban J connectivity index is 2.70. The molecule has 0 spiro atoms. The zero-order valence-corrected chi connectivity index (χ0v) is 11.1. The van der Waals surface area contributed by atoms with E-state index in [-0.39, 0.29) is 4.90 Å². The lowest BCUT2D eigenvalue weighted by atomic mass is 10.2. The van der Waals surface area contributed by atoms with Crippen LogP contribution in [0.15, 0.2) is 23.1 Å². The lowest BCUT2D eigenvalue weighted by Gasteiger charge is -2.08. The highest BCUT2D eigenvalue weighted by Crippen LogP contribution is 2.20. The van der Waals surface area contributed by atoms with Crippen molar-refractivity contribution in [3.63, 3.8) is 0 Å². The van der Waals surface area contributed by atoms with Gasteiger partial charge in [0, 0.05) is 0 Å². The molecule has 0 radical (unpaired) electrons. The molecule has 0 aliphatic carbocycles. The van der Waals surface area contributed by atoms with Gasteiger partial charge in [-0.2, -0.15) is 0 Å². The first kappa shape index (κ1) is 14.0. The van der Waals surface area contributed by atoms with Gasteiger partial charge in [-0.05, 0) is 37.1 Å². The Kier molecular flexibility index (Phi) is 4.96. The zero-order chi connectivity index (χ0) is 12.9. The van der Waals surface area contributed by atoms with Crippen LogP contribution in [0, 0.1) is 6.92 Å². The summed E-state index contributed by atoms with van der Waals surface area (Å²) >= 11 is 0. The van der Waals surface area contributed by atoms with Crippen molar-refractivity contribution >= 4 is 10.0 Å². The third-order valence-corrected chi connectivity index (χ3v) is 3.54. The fourth-order valence-electron chi connectivity index (χ4n) is 1.57. The summed E-state index contributed by atoms with van der Waals surface area (Å²) < 4.78 is 27.9. The summed E-state index contributed by atoms with van der Waals surface area (Å²) in [5.74, 6) is 0.686. The first-order valence-corrected chi connectivity index (χ1v) is 7.26. The minimum atomic E-state index is -3.63. The molecule has 4 nitrogen and oxygen atoms in total. The molecule has 17 heavy (non-hydrogen) atoms. The second-order valence-electron chi connectivity index (χ2n) is 4.03. The van der Waals surface area contributed by atoms with Crippen LogP contribution in [-0.4, -0.2) is 15.0 Å². The van der Waals surface area contributed by atoms with Crippen molar-refractivity contribution < 1.29 is 13.2 Å². The van der Waals surface area contributed by atoms with Crippen molar-refractivity contribution in [2.75, 3.05) is 6.61 Å². The van der Waals surface area contributed by atoms with Gasteiger partial charge in [-0.3, -0.25) is 0 Å². The van der Waals surface area contributed by atoms with Crippen LogP contribution in [0.5, 0.6) is 5.75 Å². The fraction of sp³-hybridized carbons (Fsp3) is 0.500. The molecule has 0 aliphatic rings. The summed E-state index contributed by atoms with van der Waals surface area (Å²) in [6, 6.07) is 4.82. The predicted molar refractivity (Wildman–Crippen MR) is 67.6 cm³/mol. The van der Waals surface area contributed by atoms with Gasteiger partial charge in [-0.25, -0.2) is 13.6 Å². The van der Waals surface area contributed by atoms with Crippen LogP contribution < -0.4 is 9.88 Å². The van der Waals surface area contributed by atoms with Crippen molar-refractivity contribution in [3.05, 3.63) is 23.8 Å². The van der Waals surface area contributed by atoms with Gasteiger partial charge in [-0.15, -0.1) is 0 Å². The van der Waals surface area contributed by atoms with E-state index in [1.165, 1.54) is 6.07 Å². The Morgan fingerprint density at radius 2 is 2.00 bits per heavy atom. The van der Waals surface area contributed by atoms with Gasteiger partial charge in [0.25, 0.3) is 0 Å². The SMILES string of the molecule is CCCCCOc1ccc(S(N)(=O)=O)c(C)c1. The van der Waals surface area contributed by atoms with Gasteiger partial charge in [0.1, 0.15) is 5.75 Å². The lowest BCUT2D eigenvalue weighted by molar-refractivity contribution is 0.306. The molecule has 5 heteroatoms. The second-order valence-corrected chi connectivity index (χ2v) is 5.56. The molecule has 1 rings (SSSR count). The summed E-state index contributed by atoms with van der Waals surface area (Å²) in [7, 11) is -3.63. The standard InChI is InChI=1S/C12H19NO3S/c1-3-4-5-8-16-11-6-7-12(10(2)9-11)17(13,14)15/h6-7,9H,3-5,8H2,1-2H3,(H2,13,14,15). The fourth-order valence-corrected chi connectivity index (χ4v) is 2.34. The molecule has 0 saturated carbocycles. The third-order valence-electron chi connectivity index (χ3n) is 2.47. The number of aryl methyl sites for hydroxylation is 1. The van der Waals surface area contributed by atoms with Crippen LogP contribution in [-0.2, 0) is 10.0 Å². The highest BCUT2D eigenvalue weighted by molar-refractivity contribution is 7.89. The number of nitrogens with two attached hydrogens (primary N) is 1. The number of primary sulfonamides is 1. The van der Waals surface area contributed by atoms with Crippen LogP contribution in [0.3, 0.4) is 0 Å². The number of ether oxygens (including phenoxy) is 1. The topological polar surface area (TPSA) is 69.4 Å². The summed E-state index contributed by atoms with van der Waals surface area (Å²) in [5.41, 5.74) is 0.612. The number of sulfonamides is 1. The Morgan fingerprint density at radius 1 is 1.29 bits per heavy atom. The van der Waals surface area contributed by atoms with E-state index in [0.29, 0.717) is 17.9 Å². The highest BCUT2D eigenvalue weighted by atomic mass is 32.2. The van der Waals surface area contributed by atoms with E-state index in [4.69, 9.17) is 9.88 Å². The smallest absolute Gasteiger partial charge is 0.238 e. The molecule has 0 atom stereocenters. The second kappa shape index (κ2) is 6.02. The van der Waals surface area contributed by atoms with Gasteiger partial charge in [0.05, 0.1) is 11.5 Å². The molecule has 0 heterocycles. The van der Waals surface area contributed by atoms with E-state index in [9.17, 15) is 8.42 Å². The number of rotatable bonds is 6. The van der Waals surface area contributed by atoms with Gasteiger partial charge >= 0.3 is 0 Å². The van der Waals surface area contributed by atoms with Crippen LogP contribution in [0.1, 0.15) is 31.7 Å². The van der Waals surface area contributed by atoms with Crippen molar-refractivity contribution in [3.8, 4) is 5.75 Å². The molecule has 1 aromatic carbocycles. The predicted octanol–water partition coefficient (Wildman–Crippen LogP) is 2.21. The molecule has 2 N–H and O–H groups in total. The van der Waals surface area contributed by atoms with E-state index in [0.717, 1.165) is 19.3 Å². The third kappa shape index (κ3) is 4.36. The zero-order valence-electron chi connectivity index (χ0n) is 10.3. The average Bonchev–Trinajstić information content (AvgIpc) is 2.23. The molecule has 0 saturated heterocycles. The van der Waals surface area contributed by atoms with Gasteiger partial charge in [0.2, 0.25) is 10.0 Å². The van der Waals surface area contributed by atoms with Crippen LogP contribution in [0.4, 0.5) is 0 Å². The number of unbranched alkanes of at least 4 members (excludes halogenated alkanes) is 2. The molecule has 96 valence electrons. The molecule has 1 aromatic rings. The van der Waals surface area contributed by atoms with Gasteiger partial charge < -0.3 is 4.74 Å². The molecule has 0 amide bonds. The first-order chi connectivity index (χ1) is 7.95. The Hall–Kier alpha value is -1.07. The minimum absolute atomic E-state index is 0.151. The number of hydrogen-bond acceptors (Lipinski definition) is 3. The summed E-state index contributed by atoms with van der Waals surface area (Å²) in [5, 5.41) is 5.08. The summed E-state index contributed by atoms with van der Waals surface area (Å²) in [6.07, 6.45) is 3.29. The van der Waals surface area contributed by atoms with Crippen molar-refractivity contribution in [1.29, 1.82) is 0 Å². The van der Waals surface area contributed by atoms with Crippen molar-refractivity contribution in [2.45, 2.75) is 38.0 Å². The Morgan fingerprint density at radius 3 is 2.53 bits per heavy atom. The lowest BCUT2D eigenvalue weighted by Crippen LogP contribution is -2.13. The Labute approximate surface area is 103 Å². The maximum Gasteiger partial charge on any atom is 0.238 e. The van der Waals surface area contributed by atoms with E-state index >= 15 is 0 Å². The first-order valence-electron chi connectivity index (χ1n) is 5.71. The summed E-state index contributed by atoms with van der Waals surface area (Å²) in [4.78, 5) is 0.151.